The van der Waals surface area contributed by atoms with Crippen LogP contribution in [0.1, 0.15) is 13.3 Å². The van der Waals surface area contributed by atoms with Crippen LogP contribution in [0.15, 0.2) is 0 Å². The number of carboxylic acid groups (broad SMARTS) is 1. The fourth-order valence-corrected chi connectivity index (χ4v) is 1.41. The van der Waals surface area contributed by atoms with E-state index in [9.17, 15) is 19.2 Å². The van der Waals surface area contributed by atoms with E-state index in [2.05, 4.69) is 10.6 Å². The average molecular weight is 257 g/mol. The van der Waals surface area contributed by atoms with Crippen LogP contribution in [0.25, 0.3) is 0 Å². The molecule has 3 N–H and O–H groups in total. The maximum atomic E-state index is 11.5. The van der Waals surface area contributed by atoms with Crippen molar-refractivity contribution in [3.05, 3.63) is 0 Å². The molecule has 2 unspecified atom stereocenters. The maximum Gasteiger partial charge on any atom is 0.315 e. The molecule has 4 amide bonds. The minimum atomic E-state index is -1.03. The highest BCUT2D eigenvalue weighted by molar-refractivity contribution is 6.06. The molecule has 8 heteroatoms. The molecule has 1 aliphatic heterocycles. The molecule has 1 heterocycles. The molecule has 0 radical (unpaired) electrons. The number of imide groups is 1. The number of carboxylic acids is 1. The molecular weight excluding hydrogens is 242 g/mol. The number of likely N-dealkylation sites (tertiary alicyclic amines) is 1. The zero-order valence-electron chi connectivity index (χ0n) is 10.1. The van der Waals surface area contributed by atoms with E-state index < -0.39 is 29.9 Å². The summed E-state index contributed by atoms with van der Waals surface area (Å²) in [5, 5.41) is 13.3. The monoisotopic (exact) mass is 257 g/mol. The summed E-state index contributed by atoms with van der Waals surface area (Å²) >= 11 is 0. The largest absolute Gasteiger partial charge is 0.481 e. The Kier molecular flexibility index (Phi) is 4.24. The van der Waals surface area contributed by atoms with Crippen molar-refractivity contribution in [1.29, 1.82) is 0 Å². The minimum absolute atomic E-state index is 0.0497. The highest BCUT2D eigenvalue weighted by Crippen LogP contribution is 2.10. The van der Waals surface area contributed by atoms with Crippen molar-refractivity contribution in [3.63, 3.8) is 0 Å². The van der Waals surface area contributed by atoms with E-state index in [1.54, 1.807) is 0 Å². The summed E-state index contributed by atoms with van der Waals surface area (Å²) in [5.74, 6) is -2.58. The molecule has 18 heavy (non-hydrogen) atoms. The van der Waals surface area contributed by atoms with Gasteiger partial charge in [-0.05, 0) is 0 Å². The van der Waals surface area contributed by atoms with Crippen molar-refractivity contribution in [2.24, 2.45) is 5.92 Å². The SMILES string of the molecule is CC(CNC(=O)NC1CC(=O)N(C)C1=O)C(=O)O. The quantitative estimate of drug-likeness (QED) is 0.545. The molecule has 0 saturated carbocycles. The second-order valence-electron chi connectivity index (χ2n) is 4.14. The lowest BCUT2D eigenvalue weighted by molar-refractivity contribution is -0.141. The standard InChI is InChI=1S/C10H15N3O5/c1-5(9(16)17)4-11-10(18)12-6-3-7(14)13(2)8(6)15/h5-6H,3-4H2,1-2H3,(H,16,17)(H2,11,12,18). The van der Waals surface area contributed by atoms with Crippen LogP contribution in [0, 0.1) is 5.92 Å². The number of nitrogens with zero attached hydrogens (tertiary/aromatic N) is 1. The number of amides is 4. The molecule has 0 spiro atoms. The van der Waals surface area contributed by atoms with Crippen molar-refractivity contribution in [2.75, 3.05) is 13.6 Å². The molecule has 2 atom stereocenters. The second kappa shape index (κ2) is 5.48. The number of nitrogens with one attached hydrogen (secondary N) is 2. The molecule has 0 aromatic carbocycles. The van der Waals surface area contributed by atoms with Crippen molar-refractivity contribution in [1.82, 2.24) is 15.5 Å². The van der Waals surface area contributed by atoms with Crippen LogP contribution in [-0.4, -0.2) is 53.5 Å². The number of rotatable bonds is 4. The molecule has 0 aliphatic carbocycles. The van der Waals surface area contributed by atoms with Gasteiger partial charge in [0.2, 0.25) is 5.91 Å². The van der Waals surface area contributed by atoms with Gasteiger partial charge in [0.1, 0.15) is 6.04 Å². The topological polar surface area (TPSA) is 116 Å². The minimum Gasteiger partial charge on any atom is -0.481 e. The van der Waals surface area contributed by atoms with Crippen molar-refractivity contribution in [3.8, 4) is 0 Å². The molecule has 1 rings (SSSR count). The van der Waals surface area contributed by atoms with Crippen LogP contribution in [0.3, 0.4) is 0 Å². The van der Waals surface area contributed by atoms with Crippen molar-refractivity contribution >= 4 is 23.8 Å². The van der Waals surface area contributed by atoms with Gasteiger partial charge in [0, 0.05) is 13.6 Å². The number of likely N-dealkylation sites (N-methyl/N-ethyl adjacent to an activating group) is 1. The molecule has 0 aromatic heterocycles. The number of carbonyl (C=O) groups is 4. The first-order chi connectivity index (χ1) is 8.32. The molecule has 1 aliphatic rings. The summed E-state index contributed by atoms with van der Waals surface area (Å²) in [4.78, 5) is 45.5. The Labute approximate surface area is 103 Å². The van der Waals surface area contributed by atoms with Gasteiger partial charge in [-0.2, -0.15) is 0 Å². The maximum absolute atomic E-state index is 11.5. The van der Waals surface area contributed by atoms with Gasteiger partial charge in [-0.1, -0.05) is 6.92 Å². The lowest BCUT2D eigenvalue weighted by Gasteiger charge is -2.13. The third-order valence-electron chi connectivity index (χ3n) is 2.68. The number of hydrogen-bond donors (Lipinski definition) is 3. The highest BCUT2D eigenvalue weighted by Gasteiger charge is 2.36. The Hall–Kier alpha value is -2.12. The Bertz CT molecular complexity index is 395. The Morgan fingerprint density at radius 3 is 2.56 bits per heavy atom. The van der Waals surface area contributed by atoms with Crippen LogP contribution < -0.4 is 10.6 Å². The molecule has 0 aromatic rings. The van der Waals surface area contributed by atoms with E-state index in [1.807, 2.05) is 0 Å². The molecule has 1 saturated heterocycles. The number of hydrogen-bond acceptors (Lipinski definition) is 4. The first kappa shape index (κ1) is 13.9. The van der Waals surface area contributed by atoms with E-state index >= 15 is 0 Å². The molecule has 100 valence electrons. The van der Waals surface area contributed by atoms with E-state index in [-0.39, 0.29) is 18.9 Å². The Balaban J connectivity index is 2.40. The summed E-state index contributed by atoms with van der Waals surface area (Å²) in [5.41, 5.74) is 0. The van der Waals surface area contributed by atoms with Gasteiger partial charge in [0.15, 0.2) is 0 Å². The predicted molar refractivity (Wildman–Crippen MR) is 59.5 cm³/mol. The zero-order chi connectivity index (χ0) is 13.9. The van der Waals surface area contributed by atoms with Crippen LogP contribution in [0.4, 0.5) is 4.79 Å². The Morgan fingerprint density at radius 2 is 2.11 bits per heavy atom. The van der Waals surface area contributed by atoms with E-state index in [4.69, 9.17) is 5.11 Å². The van der Waals surface area contributed by atoms with E-state index in [0.29, 0.717) is 0 Å². The van der Waals surface area contributed by atoms with E-state index in [1.165, 1.54) is 14.0 Å². The molecule has 1 fully saturated rings. The smallest absolute Gasteiger partial charge is 0.315 e. The van der Waals surface area contributed by atoms with Crippen molar-refractivity contribution in [2.45, 2.75) is 19.4 Å². The zero-order valence-corrected chi connectivity index (χ0v) is 10.1. The third-order valence-corrected chi connectivity index (χ3v) is 2.68. The van der Waals surface area contributed by atoms with Crippen LogP contribution in [0.2, 0.25) is 0 Å². The Morgan fingerprint density at radius 1 is 1.50 bits per heavy atom. The first-order valence-electron chi connectivity index (χ1n) is 5.40. The third kappa shape index (κ3) is 3.19. The normalized spacial score (nSPS) is 20.8. The molecule has 0 bridgehead atoms. The molecule has 8 nitrogen and oxygen atoms in total. The van der Waals surface area contributed by atoms with Gasteiger partial charge in [0.05, 0.1) is 12.3 Å². The van der Waals surface area contributed by atoms with Gasteiger partial charge < -0.3 is 15.7 Å². The lowest BCUT2D eigenvalue weighted by atomic mass is 10.2. The van der Waals surface area contributed by atoms with Crippen LogP contribution in [-0.2, 0) is 14.4 Å². The summed E-state index contributed by atoms with van der Waals surface area (Å²) in [7, 11) is 1.34. The van der Waals surface area contributed by atoms with Gasteiger partial charge in [-0.3, -0.25) is 19.3 Å². The van der Waals surface area contributed by atoms with E-state index in [0.717, 1.165) is 4.90 Å². The van der Waals surface area contributed by atoms with Gasteiger partial charge in [-0.15, -0.1) is 0 Å². The fraction of sp³-hybridized carbons (Fsp3) is 0.600. The summed E-state index contributed by atoms with van der Waals surface area (Å²) in [6.07, 6.45) is -0.0722. The summed E-state index contributed by atoms with van der Waals surface area (Å²) in [6.45, 7) is 1.40. The lowest BCUT2D eigenvalue weighted by Crippen LogP contribution is -2.47. The van der Waals surface area contributed by atoms with Crippen molar-refractivity contribution < 1.29 is 24.3 Å². The predicted octanol–water partition coefficient (Wildman–Crippen LogP) is -1.24. The van der Waals surface area contributed by atoms with Crippen LogP contribution in [0.5, 0.6) is 0 Å². The summed E-state index contributed by atoms with van der Waals surface area (Å²) in [6, 6.07) is -1.54. The second-order valence-corrected chi connectivity index (χ2v) is 4.14. The summed E-state index contributed by atoms with van der Waals surface area (Å²) < 4.78 is 0. The van der Waals surface area contributed by atoms with Gasteiger partial charge >= 0.3 is 12.0 Å². The first-order valence-corrected chi connectivity index (χ1v) is 5.40. The number of carbonyl (C=O) groups excluding carboxylic acids is 3. The molecular formula is C10H15N3O5. The number of urea groups is 1. The number of aliphatic carboxylic acids is 1. The average Bonchev–Trinajstić information content (AvgIpc) is 2.54. The van der Waals surface area contributed by atoms with Crippen LogP contribution >= 0.6 is 0 Å². The van der Waals surface area contributed by atoms with Gasteiger partial charge in [-0.25, -0.2) is 4.79 Å². The van der Waals surface area contributed by atoms with Gasteiger partial charge in [0.25, 0.3) is 5.91 Å². The fourth-order valence-electron chi connectivity index (χ4n) is 1.41. The highest BCUT2D eigenvalue weighted by atomic mass is 16.4.